The molecule has 1 aliphatic rings. The van der Waals surface area contributed by atoms with Crippen molar-refractivity contribution < 1.29 is 4.74 Å². The van der Waals surface area contributed by atoms with Crippen molar-refractivity contribution in [1.82, 2.24) is 10.2 Å². The molecule has 0 saturated carbocycles. The third-order valence-electron chi connectivity index (χ3n) is 3.84. The van der Waals surface area contributed by atoms with E-state index in [1.165, 1.54) is 24.8 Å². The second-order valence-corrected chi connectivity index (χ2v) is 5.43. The lowest BCUT2D eigenvalue weighted by Crippen LogP contribution is -2.31. The summed E-state index contributed by atoms with van der Waals surface area (Å²) in [5.74, 6) is 0. The number of likely N-dealkylation sites (N-methyl/N-ethyl adjacent to an activating group) is 1. The highest BCUT2D eigenvalue weighted by Gasteiger charge is 2.10. The van der Waals surface area contributed by atoms with E-state index in [9.17, 15) is 0 Å². The van der Waals surface area contributed by atoms with Crippen molar-refractivity contribution in [2.75, 3.05) is 40.4 Å². The second kappa shape index (κ2) is 7.63. The summed E-state index contributed by atoms with van der Waals surface area (Å²) in [6.07, 6.45) is 3.87. The Hall–Kier alpha value is -0.900. The summed E-state index contributed by atoms with van der Waals surface area (Å²) in [6, 6.07) is 6.96. The number of hydrogen-bond acceptors (Lipinski definition) is 3. The van der Waals surface area contributed by atoms with Crippen LogP contribution in [0.25, 0.3) is 0 Å². The van der Waals surface area contributed by atoms with Crippen molar-refractivity contribution in [2.24, 2.45) is 0 Å². The van der Waals surface area contributed by atoms with Gasteiger partial charge in [-0.2, -0.15) is 0 Å². The van der Waals surface area contributed by atoms with Crippen LogP contribution in [0, 0.1) is 0 Å². The van der Waals surface area contributed by atoms with Gasteiger partial charge in [0, 0.05) is 33.3 Å². The fourth-order valence-electron chi connectivity index (χ4n) is 2.60. The lowest BCUT2D eigenvalue weighted by Gasteiger charge is -2.16. The molecule has 0 heterocycles. The maximum atomic E-state index is 5.07. The SMILES string of the molecule is COCCN(C)CCNCc1ccc2c(c1)CCC2. The molecule has 0 bridgehead atoms. The van der Waals surface area contributed by atoms with E-state index in [1.54, 1.807) is 18.2 Å². The Morgan fingerprint density at radius 2 is 2.05 bits per heavy atom. The summed E-state index contributed by atoms with van der Waals surface area (Å²) in [5.41, 5.74) is 4.54. The maximum Gasteiger partial charge on any atom is 0.0589 e. The van der Waals surface area contributed by atoms with Crippen molar-refractivity contribution in [3.63, 3.8) is 0 Å². The number of ether oxygens (including phenoxy) is 1. The minimum Gasteiger partial charge on any atom is -0.383 e. The molecule has 0 aromatic heterocycles. The molecule has 2 rings (SSSR count). The molecule has 1 N–H and O–H groups in total. The molecule has 1 aromatic rings. The molecule has 0 saturated heterocycles. The Balaban J connectivity index is 1.66. The Bertz CT molecular complexity index is 392. The monoisotopic (exact) mass is 262 g/mol. The zero-order valence-electron chi connectivity index (χ0n) is 12.2. The molecule has 19 heavy (non-hydrogen) atoms. The predicted octanol–water partition coefficient (Wildman–Crippen LogP) is 1.84. The van der Waals surface area contributed by atoms with Gasteiger partial charge in [0.2, 0.25) is 0 Å². The van der Waals surface area contributed by atoms with Gasteiger partial charge in [-0.25, -0.2) is 0 Å². The first-order valence-electron chi connectivity index (χ1n) is 7.28. The second-order valence-electron chi connectivity index (χ2n) is 5.43. The van der Waals surface area contributed by atoms with Crippen LogP contribution in [0.2, 0.25) is 0 Å². The number of benzene rings is 1. The largest absolute Gasteiger partial charge is 0.383 e. The summed E-state index contributed by atoms with van der Waals surface area (Å²) in [5, 5.41) is 3.52. The fourth-order valence-corrected chi connectivity index (χ4v) is 2.60. The van der Waals surface area contributed by atoms with E-state index in [0.717, 1.165) is 32.8 Å². The van der Waals surface area contributed by atoms with Crippen LogP contribution in [0.1, 0.15) is 23.1 Å². The topological polar surface area (TPSA) is 24.5 Å². The molecule has 0 unspecified atom stereocenters. The van der Waals surface area contributed by atoms with Gasteiger partial charge in [-0.1, -0.05) is 18.2 Å². The van der Waals surface area contributed by atoms with Crippen LogP contribution in [0.3, 0.4) is 0 Å². The first-order chi connectivity index (χ1) is 9.29. The highest BCUT2D eigenvalue weighted by atomic mass is 16.5. The minimum absolute atomic E-state index is 0.807. The lowest BCUT2D eigenvalue weighted by atomic mass is 10.1. The number of nitrogens with one attached hydrogen (secondary N) is 1. The molecule has 0 spiro atoms. The lowest BCUT2D eigenvalue weighted by molar-refractivity contribution is 0.161. The van der Waals surface area contributed by atoms with E-state index in [-0.39, 0.29) is 0 Å². The zero-order chi connectivity index (χ0) is 13.5. The number of rotatable bonds is 8. The van der Waals surface area contributed by atoms with Crippen LogP contribution in [0.4, 0.5) is 0 Å². The Labute approximate surface area is 116 Å². The van der Waals surface area contributed by atoms with Gasteiger partial charge in [0.1, 0.15) is 0 Å². The van der Waals surface area contributed by atoms with E-state index in [1.807, 2.05) is 0 Å². The first-order valence-corrected chi connectivity index (χ1v) is 7.28. The van der Waals surface area contributed by atoms with Crippen LogP contribution >= 0.6 is 0 Å². The first kappa shape index (κ1) is 14.5. The van der Waals surface area contributed by atoms with Crippen molar-refractivity contribution in [3.05, 3.63) is 34.9 Å². The number of fused-ring (bicyclic) bond motifs is 1. The highest BCUT2D eigenvalue weighted by Crippen LogP contribution is 2.22. The number of aryl methyl sites for hydroxylation is 2. The van der Waals surface area contributed by atoms with E-state index in [0.29, 0.717) is 0 Å². The smallest absolute Gasteiger partial charge is 0.0589 e. The molecular formula is C16H26N2O. The van der Waals surface area contributed by atoms with Gasteiger partial charge in [-0.3, -0.25) is 0 Å². The Morgan fingerprint density at radius 1 is 1.21 bits per heavy atom. The van der Waals surface area contributed by atoms with Gasteiger partial charge in [0.15, 0.2) is 0 Å². The van der Waals surface area contributed by atoms with Gasteiger partial charge < -0.3 is 15.0 Å². The quantitative estimate of drug-likeness (QED) is 0.724. The normalized spacial score (nSPS) is 14.1. The van der Waals surface area contributed by atoms with Crippen molar-refractivity contribution in [1.29, 1.82) is 0 Å². The molecule has 1 aliphatic carbocycles. The van der Waals surface area contributed by atoms with E-state index in [2.05, 4.69) is 35.5 Å². The fraction of sp³-hybridized carbons (Fsp3) is 0.625. The summed E-state index contributed by atoms with van der Waals surface area (Å²) in [4.78, 5) is 2.29. The van der Waals surface area contributed by atoms with Crippen LogP contribution in [0.15, 0.2) is 18.2 Å². The third-order valence-corrected chi connectivity index (χ3v) is 3.84. The standard InChI is InChI=1S/C16H26N2O/c1-18(10-11-19-2)9-8-17-13-14-6-7-15-4-3-5-16(15)12-14/h6-7,12,17H,3-5,8-11,13H2,1-2H3. The Kier molecular flexibility index (Phi) is 5.83. The number of methoxy groups -OCH3 is 1. The van der Waals surface area contributed by atoms with Crippen LogP contribution in [0.5, 0.6) is 0 Å². The minimum atomic E-state index is 0.807. The molecular weight excluding hydrogens is 236 g/mol. The molecule has 3 heteroatoms. The Morgan fingerprint density at radius 3 is 2.89 bits per heavy atom. The zero-order valence-corrected chi connectivity index (χ0v) is 12.2. The van der Waals surface area contributed by atoms with Gasteiger partial charge >= 0.3 is 0 Å². The third kappa shape index (κ3) is 4.60. The van der Waals surface area contributed by atoms with Gasteiger partial charge in [-0.15, -0.1) is 0 Å². The summed E-state index contributed by atoms with van der Waals surface area (Å²) in [7, 11) is 3.88. The van der Waals surface area contributed by atoms with Crippen LogP contribution in [-0.2, 0) is 24.1 Å². The summed E-state index contributed by atoms with van der Waals surface area (Å²) in [6.45, 7) is 4.87. The van der Waals surface area contributed by atoms with E-state index in [4.69, 9.17) is 4.74 Å². The number of hydrogen-bond donors (Lipinski definition) is 1. The van der Waals surface area contributed by atoms with Crippen LogP contribution in [-0.4, -0.2) is 45.3 Å². The summed E-state index contributed by atoms with van der Waals surface area (Å²) < 4.78 is 5.07. The van der Waals surface area contributed by atoms with Gasteiger partial charge in [0.05, 0.1) is 6.61 Å². The molecule has 106 valence electrons. The summed E-state index contributed by atoms with van der Waals surface area (Å²) >= 11 is 0. The van der Waals surface area contributed by atoms with Crippen molar-refractivity contribution in [2.45, 2.75) is 25.8 Å². The molecule has 1 aromatic carbocycles. The number of nitrogens with zero attached hydrogens (tertiary/aromatic N) is 1. The molecule has 3 nitrogen and oxygen atoms in total. The molecule has 0 aliphatic heterocycles. The van der Waals surface area contributed by atoms with Gasteiger partial charge in [-0.05, 0) is 43.0 Å². The average Bonchev–Trinajstić information content (AvgIpc) is 2.88. The van der Waals surface area contributed by atoms with Crippen molar-refractivity contribution in [3.8, 4) is 0 Å². The van der Waals surface area contributed by atoms with Gasteiger partial charge in [0.25, 0.3) is 0 Å². The van der Waals surface area contributed by atoms with E-state index >= 15 is 0 Å². The molecule has 0 atom stereocenters. The molecule has 0 amide bonds. The molecule has 0 fully saturated rings. The van der Waals surface area contributed by atoms with E-state index < -0.39 is 0 Å². The maximum absolute atomic E-state index is 5.07. The highest BCUT2D eigenvalue weighted by molar-refractivity contribution is 5.35. The molecule has 0 radical (unpaired) electrons. The predicted molar refractivity (Wildman–Crippen MR) is 79.5 cm³/mol. The van der Waals surface area contributed by atoms with Crippen molar-refractivity contribution >= 4 is 0 Å². The van der Waals surface area contributed by atoms with Crippen LogP contribution < -0.4 is 5.32 Å². The average molecular weight is 262 g/mol.